The molecule has 0 fully saturated rings. The average molecular weight is 440 g/mol. The highest BCUT2D eigenvalue weighted by Crippen LogP contribution is 2.24. The van der Waals surface area contributed by atoms with Gasteiger partial charge in [-0.05, 0) is 54.5 Å². The number of hydrogen-bond donors (Lipinski definition) is 1. The second-order valence-corrected chi connectivity index (χ2v) is 9.96. The van der Waals surface area contributed by atoms with Gasteiger partial charge in [-0.3, -0.25) is 4.79 Å². The predicted octanol–water partition coefficient (Wildman–Crippen LogP) is 6.36. The number of aryl methyl sites for hydroxylation is 2. The molecule has 0 saturated heterocycles. The summed E-state index contributed by atoms with van der Waals surface area (Å²) in [5.41, 5.74) is 7.11. The number of aromatic amines is 1. The van der Waals surface area contributed by atoms with Crippen molar-refractivity contribution in [3.05, 3.63) is 101 Å². The van der Waals surface area contributed by atoms with E-state index in [1.54, 1.807) is 0 Å². The first kappa shape index (κ1) is 22.8. The molecule has 0 radical (unpaired) electrons. The lowest BCUT2D eigenvalue weighted by Gasteiger charge is -2.24. The SMILES string of the molecule is Cc1ccc(CCN(Cc2ccc(C(C)(C)C)cc2)C(=O)c2nc(C)cc3cc[nH]c23)cc1. The molecule has 4 nitrogen and oxygen atoms in total. The summed E-state index contributed by atoms with van der Waals surface area (Å²) in [7, 11) is 0. The van der Waals surface area contributed by atoms with E-state index in [0.717, 1.165) is 28.6 Å². The number of benzene rings is 2. The van der Waals surface area contributed by atoms with Crippen LogP contribution >= 0.6 is 0 Å². The van der Waals surface area contributed by atoms with Gasteiger partial charge in [-0.25, -0.2) is 4.98 Å². The zero-order valence-corrected chi connectivity index (χ0v) is 20.3. The first-order chi connectivity index (χ1) is 15.7. The summed E-state index contributed by atoms with van der Waals surface area (Å²) in [4.78, 5) is 23.5. The Morgan fingerprint density at radius 3 is 2.27 bits per heavy atom. The zero-order chi connectivity index (χ0) is 23.6. The van der Waals surface area contributed by atoms with Crippen LogP contribution in [0.3, 0.4) is 0 Å². The van der Waals surface area contributed by atoms with E-state index >= 15 is 0 Å². The van der Waals surface area contributed by atoms with Gasteiger partial charge in [0.2, 0.25) is 0 Å². The Balaban J connectivity index is 1.63. The van der Waals surface area contributed by atoms with E-state index in [1.165, 1.54) is 16.7 Å². The molecule has 2 aromatic heterocycles. The number of H-pyrrole nitrogens is 1. The molecule has 4 rings (SSSR count). The lowest BCUT2D eigenvalue weighted by molar-refractivity contribution is 0.0741. The molecule has 4 heteroatoms. The summed E-state index contributed by atoms with van der Waals surface area (Å²) in [6.07, 6.45) is 2.66. The largest absolute Gasteiger partial charge is 0.359 e. The summed E-state index contributed by atoms with van der Waals surface area (Å²) < 4.78 is 0. The number of nitrogens with one attached hydrogen (secondary N) is 1. The van der Waals surface area contributed by atoms with Gasteiger partial charge in [0.15, 0.2) is 5.69 Å². The minimum Gasteiger partial charge on any atom is -0.359 e. The molecule has 4 aromatic rings. The Morgan fingerprint density at radius 1 is 0.939 bits per heavy atom. The summed E-state index contributed by atoms with van der Waals surface area (Å²) in [6.45, 7) is 11.8. The molecule has 0 aliphatic rings. The fourth-order valence-corrected chi connectivity index (χ4v) is 4.10. The fraction of sp³-hybridized carbons (Fsp3) is 0.310. The molecule has 33 heavy (non-hydrogen) atoms. The van der Waals surface area contributed by atoms with Crippen LogP contribution in [0, 0.1) is 13.8 Å². The van der Waals surface area contributed by atoms with Crippen molar-refractivity contribution in [1.82, 2.24) is 14.9 Å². The number of nitrogens with zero attached hydrogens (tertiary/aromatic N) is 2. The number of hydrogen-bond acceptors (Lipinski definition) is 2. The molecule has 0 bridgehead atoms. The molecule has 0 aliphatic carbocycles. The smallest absolute Gasteiger partial charge is 0.274 e. The van der Waals surface area contributed by atoms with E-state index in [0.29, 0.717) is 18.8 Å². The van der Waals surface area contributed by atoms with Crippen LogP contribution in [0.5, 0.6) is 0 Å². The van der Waals surface area contributed by atoms with Crippen molar-refractivity contribution in [2.45, 2.75) is 53.0 Å². The Labute approximate surface area is 196 Å². The third-order valence-electron chi connectivity index (χ3n) is 6.14. The van der Waals surface area contributed by atoms with E-state index in [1.807, 2.05) is 30.2 Å². The number of rotatable bonds is 6. The van der Waals surface area contributed by atoms with E-state index in [9.17, 15) is 4.79 Å². The first-order valence-corrected chi connectivity index (χ1v) is 11.6. The minimum atomic E-state index is -0.0434. The first-order valence-electron chi connectivity index (χ1n) is 11.6. The molecule has 1 N–H and O–H groups in total. The van der Waals surface area contributed by atoms with Gasteiger partial charge < -0.3 is 9.88 Å². The maximum Gasteiger partial charge on any atom is 0.274 e. The number of fused-ring (bicyclic) bond motifs is 1. The van der Waals surface area contributed by atoms with Crippen molar-refractivity contribution in [2.75, 3.05) is 6.54 Å². The summed E-state index contributed by atoms with van der Waals surface area (Å²) in [5, 5.41) is 1.01. The molecule has 0 spiro atoms. The molecule has 0 atom stereocenters. The highest BCUT2D eigenvalue weighted by atomic mass is 16.2. The van der Waals surface area contributed by atoms with Crippen molar-refractivity contribution < 1.29 is 4.79 Å². The fourth-order valence-electron chi connectivity index (χ4n) is 4.10. The van der Waals surface area contributed by atoms with Crippen LogP contribution in [0.25, 0.3) is 10.9 Å². The predicted molar refractivity (Wildman–Crippen MR) is 136 cm³/mol. The number of aromatic nitrogens is 2. The highest BCUT2D eigenvalue weighted by molar-refractivity contribution is 6.04. The lowest BCUT2D eigenvalue weighted by Crippen LogP contribution is -2.33. The molecule has 2 aromatic carbocycles. The topological polar surface area (TPSA) is 49.0 Å². The summed E-state index contributed by atoms with van der Waals surface area (Å²) >= 11 is 0. The van der Waals surface area contributed by atoms with Gasteiger partial charge in [0.1, 0.15) is 0 Å². The molecule has 0 unspecified atom stereocenters. The van der Waals surface area contributed by atoms with Crippen molar-refractivity contribution in [1.29, 1.82) is 0 Å². The van der Waals surface area contributed by atoms with Crippen LogP contribution in [-0.4, -0.2) is 27.3 Å². The van der Waals surface area contributed by atoms with Crippen LogP contribution in [0.1, 0.15) is 59.2 Å². The standard InChI is InChI=1S/C29H33N3O/c1-20-6-8-22(9-7-20)15-17-32(19-23-10-12-25(13-11-23)29(3,4)5)28(33)27-26-24(14-16-30-26)18-21(2)31-27/h6-14,16,18,30H,15,17,19H2,1-5H3. The highest BCUT2D eigenvalue weighted by Gasteiger charge is 2.22. The quantitative estimate of drug-likeness (QED) is 0.380. The Bertz CT molecular complexity index is 1250. The molecule has 1 amide bonds. The Hall–Kier alpha value is -3.40. The van der Waals surface area contributed by atoms with Gasteiger partial charge >= 0.3 is 0 Å². The van der Waals surface area contributed by atoms with Gasteiger partial charge in [0.05, 0.1) is 5.52 Å². The average Bonchev–Trinajstić information content (AvgIpc) is 3.25. The molecule has 170 valence electrons. The molecular formula is C29H33N3O. The van der Waals surface area contributed by atoms with Crippen LogP contribution in [0.15, 0.2) is 66.9 Å². The van der Waals surface area contributed by atoms with Gasteiger partial charge in [0.25, 0.3) is 5.91 Å². The van der Waals surface area contributed by atoms with Gasteiger partial charge in [-0.2, -0.15) is 0 Å². The van der Waals surface area contributed by atoms with Crippen LogP contribution in [0.4, 0.5) is 0 Å². The van der Waals surface area contributed by atoms with Gasteiger partial charge in [-0.1, -0.05) is 74.9 Å². The zero-order valence-electron chi connectivity index (χ0n) is 20.3. The second-order valence-electron chi connectivity index (χ2n) is 9.96. The van der Waals surface area contributed by atoms with Crippen molar-refractivity contribution in [3.8, 4) is 0 Å². The van der Waals surface area contributed by atoms with Crippen LogP contribution in [0.2, 0.25) is 0 Å². The molecular weight excluding hydrogens is 406 g/mol. The summed E-state index contributed by atoms with van der Waals surface area (Å²) in [5.74, 6) is -0.0434. The molecule has 2 heterocycles. The number of amides is 1. The maximum absolute atomic E-state index is 13.8. The van der Waals surface area contributed by atoms with Crippen LogP contribution in [-0.2, 0) is 18.4 Å². The van der Waals surface area contributed by atoms with Gasteiger partial charge in [-0.15, -0.1) is 0 Å². The molecule has 0 saturated carbocycles. The van der Waals surface area contributed by atoms with Crippen molar-refractivity contribution in [3.63, 3.8) is 0 Å². The molecule has 0 aliphatic heterocycles. The summed E-state index contributed by atoms with van der Waals surface area (Å²) in [6, 6.07) is 21.1. The van der Waals surface area contributed by atoms with Crippen molar-refractivity contribution in [2.24, 2.45) is 0 Å². The second kappa shape index (κ2) is 9.22. The maximum atomic E-state index is 13.8. The van der Waals surface area contributed by atoms with E-state index < -0.39 is 0 Å². The monoisotopic (exact) mass is 439 g/mol. The number of pyridine rings is 1. The Morgan fingerprint density at radius 2 is 1.61 bits per heavy atom. The third kappa shape index (κ3) is 5.33. The van der Waals surface area contributed by atoms with E-state index in [4.69, 9.17) is 0 Å². The third-order valence-corrected chi connectivity index (χ3v) is 6.14. The van der Waals surface area contributed by atoms with Gasteiger partial charge in [0, 0.05) is 30.4 Å². The van der Waals surface area contributed by atoms with E-state index in [-0.39, 0.29) is 11.3 Å². The lowest BCUT2D eigenvalue weighted by atomic mass is 9.87. The number of carbonyl (C=O) groups is 1. The number of carbonyl (C=O) groups excluding carboxylic acids is 1. The van der Waals surface area contributed by atoms with Crippen LogP contribution < -0.4 is 0 Å². The Kier molecular flexibility index (Phi) is 6.37. The minimum absolute atomic E-state index is 0.0434. The normalized spacial score (nSPS) is 11.7. The van der Waals surface area contributed by atoms with Crippen molar-refractivity contribution >= 4 is 16.8 Å². The van der Waals surface area contributed by atoms with E-state index in [2.05, 4.69) is 86.2 Å².